The van der Waals surface area contributed by atoms with Gasteiger partial charge in [-0.2, -0.15) is 4.37 Å². The van der Waals surface area contributed by atoms with Crippen LogP contribution in [0.25, 0.3) is 0 Å². The molecule has 0 aliphatic carbocycles. The maximum Gasteiger partial charge on any atom is 0.343 e. The van der Waals surface area contributed by atoms with E-state index in [1.165, 1.54) is 31.0 Å². The molecular formula is C13H14N2O5S. The Hall–Kier alpha value is -2.35. The molecule has 21 heavy (non-hydrogen) atoms. The summed E-state index contributed by atoms with van der Waals surface area (Å²) in [7, 11) is 2.97. The lowest BCUT2D eigenvalue weighted by Crippen LogP contribution is -2.10. The lowest BCUT2D eigenvalue weighted by Gasteiger charge is -2.05. The van der Waals surface area contributed by atoms with E-state index in [0.717, 1.165) is 0 Å². The highest BCUT2D eigenvalue weighted by atomic mass is 32.1. The summed E-state index contributed by atoms with van der Waals surface area (Å²) < 4.78 is 19.0. The van der Waals surface area contributed by atoms with Gasteiger partial charge in [0.05, 0.1) is 19.1 Å². The molecular weight excluding hydrogens is 296 g/mol. The number of esters is 2. The summed E-state index contributed by atoms with van der Waals surface area (Å²) in [4.78, 5) is 23.6. The van der Waals surface area contributed by atoms with Crippen molar-refractivity contribution in [1.29, 1.82) is 0 Å². The number of hydrogen-bond acceptors (Lipinski definition) is 8. The number of nitrogens with one attached hydrogen (secondary N) is 1. The van der Waals surface area contributed by atoms with E-state index in [1.54, 1.807) is 14.0 Å². The van der Waals surface area contributed by atoms with Gasteiger partial charge in [-0.3, -0.25) is 0 Å². The monoisotopic (exact) mass is 310 g/mol. The molecule has 0 saturated carbocycles. The van der Waals surface area contributed by atoms with E-state index in [2.05, 4.69) is 14.4 Å². The number of carbonyl (C=O) groups is 2. The van der Waals surface area contributed by atoms with Gasteiger partial charge in [0, 0.05) is 7.05 Å². The first kappa shape index (κ1) is 15.0. The molecule has 1 N–H and O–H groups in total. The van der Waals surface area contributed by atoms with Crippen LogP contribution in [0.1, 0.15) is 32.2 Å². The molecule has 0 atom stereocenters. The third-order valence-corrected chi connectivity index (χ3v) is 3.73. The van der Waals surface area contributed by atoms with E-state index in [9.17, 15) is 9.59 Å². The molecule has 0 aromatic carbocycles. The summed E-state index contributed by atoms with van der Waals surface area (Å²) in [6, 6.07) is 1.46. The Bertz CT molecular complexity index is 661. The number of ether oxygens (including phenoxy) is 2. The molecule has 2 aromatic heterocycles. The first-order valence-electron chi connectivity index (χ1n) is 6.04. The molecule has 0 aliphatic heterocycles. The zero-order valence-electron chi connectivity index (χ0n) is 11.8. The molecule has 112 valence electrons. The van der Waals surface area contributed by atoms with Crippen molar-refractivity contribution in [2.24, 2.45) is 0 Å². The number of methoxy groups -OCH3 is 1. The van der Waals surface area contributed by atoms with E-state index >= 15 is 0 Å². The van der Waals surface area contributed by atoms with Crippen LogP contribution in [-0.4, -0.2) is 30.5 Å². The van der Waals surface area contributed by atoms with Crippen LogP contribution in [-0.2, 0) is 16.1 Å². The quantitative estimate of drug-likeness (QED) is 0.847. The van der Waals surface area contributed by atoms with Crippen molar-refractivity contribution in [3.05, 3.63) is 34.9 Å². The van der Waals surface area contributed by atoms with Crippen molar-refractivity contribution in [3.63, 3.8) is 0 Å². The first-order valence-corrected chi connectivity index (χ1v) is 6.81. The van der Waals surface area contributed by atoms with Gasteiger partial charge in [-0.05, 0) is 24.5 Å². The highest BCUT2D eigenvalue weighted by Crippen LogP contribution is 2.25. The molecule has 0 spiro atoms. The van der Waals surface area contributed by atoms with Crippen molar-refractivity contribution < 1.29 is 23.5 Å². The largest absolute Gasteiger partial charge is 0.465 e. The highest BCUT2D eigenvalue weighted by Gasteiger charge is 2.21. The van der Waals surface area contributed by atoms with Crippen molar-refractivity contribution in [3.8, 4) is 0 Å². The Labute approximate surface area is 125 Å². The van der Waals surface area contributed by atoms with E-state index in [1.807, 2.05) is 0 Å². The highest BCUT2D eigenvalue weighted by molar-refractivity contribution is 7.10. The van der Waals surface area contributed by atoms with Crippen LogP contribution < -0.4 is 5.32 Å². The molecule has 0 fully saturated rings. The zero-order chi connectivity index (χ0) is 15.4. The lowest BCUT2D eigenvalue weighted by atomic mass is 10.2. The third kappa shape index (κ3) is 3.05. The van der Waals surface area contributed by atoms with Crippen LogP contribution in [0.5, 0.6) is 0 Å². The van der Waals surface area contributed by atoms with Gasteiger partial charge in [0.15, 0.2) is 12.4 Å². The summed E-state index contributed by atoms with van der Waals surface area (Å²) in [5, 5.41) is 3.52. The number of hydrogen-bond donors (Lipinski definition) is 1. The molecule has 0 saturated heterocycles. The molecule has 2 heterocycles. The average molecular weight is 310 g/mol. The number of furan rings is 1. The van der Waals surface area contributed by atoms with Crippen molar-refractivity contribution in [1.82, 2.24) is 4.37 Å². The molecule has 0 aliphatic rings. The normalized spacial score (nSPS) is 10.2. The standard InChI is InChI=1S/C13H14N2O5S/c1-7-10(11(14-2)21-15-7)13(17)20-6-9-8(4-5-19-9)12(16)18-3/h4-5,14H,6H2,1-3H3. The van der Waals surface area contributed by atoms with Gasteiger partial charge in [-0.1, -0.05) is 0 Å². The zero-order valence-corrected chi connectivity index (χ0v) is 12.6. The predicted octanol–water partition coefficient (Wildman–Crippen LogP) is 2.23. The number of carbonyl (C=O) groups excluding carboxylic acids is 2. The van der Waals surface area contributed by atoms with Crippen molar-refractivity contribution >= 4 is 28.5 Å². The van der Waals surface area contributed by atoms with Crippen LogP contribution >= 0.6 is 11.5 Å². The number of aryl methyl sites for hydroxylation is 1. The minimum absolute atomic E-state index is 0.158. The van der Waals surface area contributed by atoms with E-state index in [0.29, 0.717) is 16.3 Å². The summed E-state index contributed by atoms with van der Waals surface area (Å²) in [5.74, 6) is -0.834. The third-order valence-electron chi connectivity index (χ3n) is 2.78. The van der Waals surface area contributed by atoms with Gasteiger partial charge in [0.2, 0.25) is 0 Å². The second-order valence-electron chi connectivity index (χ2n) is 4.05. The summed E-state index contributed by atoms with van der Waals surface area (Å²) in [5.41, 5.74) is 1.20. The van der Waals surface area contributed by atoms with Crippen LogP contribution in [0.2, 0.25) is 0 Å². The Kier molecular flexibility index (Phi) is 4.59. The van der Waals surface area contributed by atoms with Crippen LogP contribution in [0, 0.1) is 6.92 Å². The molecule has 2 aromatic rings. The molecule has 7 nitrogen and oxygen atoms in total. The topological polar surface area (TPSA) is 90.7 Å². The fourth-order valence-corrected chi connectivity index (χ4v) is 2.46. The summed E-state index contributed by atoms with van der Waals surface area (Å²) in [6.45, 7) is 1.56. The predicted molar refractivity (Wildman–Crippen MR) is 75.6 cm³/mol. The number of aromatic nitrogens is 1. The average Bonchev–Trinajstić information content (AvgIpc) is 3.10. The van der Waals surface area contributed by atoms with Gasteiger partial charge in [0.1, 0.15) is 16.1 Å². The van der Waals surface area contributed by atoms with Gasteiger partial charge < -0.3 is 19.2 Å². The van der Waals surface area contributed by atoms with Gasteiger partial charge >= 0.3 is 11.9 Å². The molecule has 8 heteroatoms. The molecule has 0 bridgehead atoms. The van der Waals surface area contributed by atoms with Gasteiger partial charge in [0.25, 0.3) is 0 Å². The molecule has 0 unspecified atom stereocenters. The van der Waals surface area contributed by atoms with Crippen LogP contribution in [0.3, 0.4) is 0 Å². The number of rotatable bonds is 5. The van der Waals surface area contributed by atoms with Gasteiger partial charge in [-0.25, -0.2) is 9.59 Å². The SMILES string of the molecule is CNc1snc(C)c1C(=O)OCc1occc1C(=O)OC. The van der Waals surface area contributed by atoms with Gasteiger partial charge in [-0.15, -0.1) is 0 Å². The maximum absolute atomic E-state index is 12.1. The van der Waals surface area contributed by atoms with E-state index < -0.39 is 11.9 Å². The maximum atomic E-state index is 12.1. The van der Waals surface area contributed by atoms with Crippen LogP contribution in [0.4, 0.5) is 5.00 Å². The second-order valence-corrected chi connectivity index (χ2v) is 4.82. The summed E-state index contributed by atoms with van der Waals surface area (Å²) >= 11 is 1.18. The lowest BCUT2D eigenvalue weighted by molar-refractivity contribution is 0.0432. The Morgan fingerprint density at radius 1 is 1.43 bits per heavy atom. The fraction of sp³-hybridized carbons (Fsp3) is 0.308. The first-order chi connectivity index (χ1) is 10.1. The van der Waals surface area contributed by atoms with Crippen LogP contribution in [0.15, 0.2) is 16.7 Å². The van der Waals surface area contributed by atoms with E-state index in [-0.39, 0.29) is 17.9 Å². The molecule has 2 rings (SSSR count). The number of nitrogens with zero attached hydrogens (tertiary/aromatic N) is 1. The van der Waals surface area contributed by atoms with Crippen molar-refractivity contribution in [2.45, 2.75) is 13.5 Å². The Morgan fingerprint density at radius 3 is 2.86 bits per heavy atom. The molecule has 0 radical (unpaired) electrons. The fourth-order valence-electron chi connectivity index (χ4n) is 1.73. The van der Waals surface area contributed by atoms with E-state index in [4.69, 9.17) is 9.15 Å². The Balaban J connectivity index is 2.10. The second kappa shape index (κ2) is 6.40. The minimum atomic E-state index is -0.543. The smallest absolute Gasteiger partial charge is 0.343 e. The Morgan fingerprint density at radius 2 is 2.19 bits per heavy atom. The molecule has 0 amide bonds. The minimum Gasteiger partial charge on any atom is -0.465 e. The van der Waals surface area contributed by atoms with Crippen molar-refractivity contribution in [2.75, 3.05) is 19.5 Å². The number of anilines is 1. The summed E-state index contributed by atoms with van der Waals surface area (Å²) in [6.07, 6.45) is 1.34.